The van der Waals surface area contributed by atoms with E-state index in [1.54, 1.807) is 6.07 Å². The first kappa shape index (κ1) is 17.9. The monoisotopic (exact) mass is 359 g/mol. The second-order valence-electron chi connectivity index (χ2n) is 4.70. The van der Waals surface area contributed by atoms with Crippen LogP contribution in [-0.2, 0) is 4.79 Å². The molecule has 1 atom stereocenters. The quantitative estimate of drug-likeness (QED) is 0.826. The summed E-state index contributed by atoms with van der Waals surface area (Å²) in [6.45, 7) is -1.58. The van der Waals surface area contributed by atoms with Crippen molar-refractivity contribution >= 4 is 23.2 Å². The van der Waals surface area contributed by atoms with Crippen LogP contribution < -0.4 is 14.8 Å². The number of para-hydroxylation sites is 2. The molecular formula is C16H13ClF3NO3. The van der Waals surface area contributed by atoms with Gasteiger partial charge in [0.2, 0.25) is 0 Å². The minimum Gasteiger partial charge on any atom is -0.479 e. The Hall–Kier alpha value is -2.41. The maximum absolute atomic E-state index is 13.0. The predicted molar refractivity (Wildman–Crippen MR) is 83.2 cm³/mol. The molecule has 0 heterocycles. The summed E-state index contributed by atoms with van der Waals surface area (Å²) >= 11 is 5.82. The van der Waals surface area contributed by atoms with E-state index >= 15 is 0 Å². The number of carbonyl (C=O) groups excluding carboxylic acids is 1. The molecule has 1 N–H and O–H groups in total. The van der Waals surface area contributed by atoms with Gasteiger partial charge in [-0.05, 0) is 37.3 Å². The second kappa shape index (κ2) is 7.92. The molecule has 1 amide bonds. The maximum Gasteiger partial charge on any atom is 0.387 e. The molecule has 0 radical (unpaired) electrons. The highest BCUT2D eigenvalue weighted by atomic mass is 35.5. The van der Waals surface area contributed by atoms with E-state index in [0.29, 0.717) is 0 Å². The van der Waals surface area contributed by atoms with E-state index in [-0.39, 0.29) is 22.2 Å². The molecule has 0 aromatic heterocycles. The van der Waals surface area contributed by atoms with Crippen molar-refractivity contribution in [3.05, 3.63) is 53.3 Å². The van der Waals surface area contributed by atoms with E-state index < -0.39 is 24.4 Å². The van der Waals surface area contributed by atoms with Crippen LogP contribution in [-0.4, -0.2) is 18.6 Å². The summed E-state index contributed by atoms with van der Waals surface area (Å²) in [5.74, 6) is -1.20. The van der Waals surface area contributed by atoms with Crippen molar-refractivity contribution in [3.63, 3.8) is 0 Å². The van der Waals surface area contributed by atoms with Gasteiger partial charge in [0, 0.05) is 0 Å². The van der Waals surface area contributed by atoms with E-state index in [1.165, 1.54) is 31.2 Å². The Kier molecular flexibility index (Phi) is 5.92. The normalized spacial score (nSPS) is 11.9. The summed E-state index contributed by atoms with van der Waals surface area (Å²) in [4.78, 5) is 12.1. The summed E-state index contributed by atoms with van der Waals surface area (Å²) in [6, 6.07) is 9.22. The zero-order valence-electron chi connectivity index (χ0n) is 12.4. The van der Waals surface area contributed by atoms with Crippen LogP contribution in [0.5, 0.6) is 11.5 Å². The minimum atomic E-state index is -3.02. The van der Waals surface area contributed by atoms with Crippen molar-refractivity contribution in [1.82, 2.24) is 0 Å². The minimum absolute atomic E-state index is 0.0103. The fourth-order valence-corrected chi connectivity index (χ4v) is 2.03. The summed E-state index contributed by atoms with van der Waals surface area (Å²) < 4.78 is 47.4. The third kappa shape index (κ3) is 4.79. The lowest BCUT2D eigenvalue weighted by atomic mass is 10.2. The average Bonchev–Trinajstić information content (AvgIpc) is 2.51. The second-order valence-corrected chi connectivity index (χ2v) is 5.11. The molecule has 24 heavy (non-hydrogen) atoms. The Bertz CT molecular complexity index is 727. The number of anilines is 1. The fourth-order valence-electron chi connectivity index (χ4n) is 1.82. The highest BCUT2D eigenvalue weighted by molar-refractivity contribution is 6.32. The highest BCUT2D eigenvalue weighted by Gasteiger charge is 2.19. The Labute approximate surface area is 141 Å². The number of amides is 1. The van der Waals surface area contributed by atoms with Gasteiger partial charge < -0.3 is 14.8 Å². The van der Waals surface area contributed by atoms with Gasteiger partial charge in [0.1, 0.15) is 17.3 Å². The molecule has 8 heteroatoms. The Balaban J connectivity index is 2.06. The summed E-state index contributed by atoms with van der Waals surface area (Å²) in [6.07, 6.45) is -1.01. The molecule has 0 aliphatic carbocycles. The van der Waals surface area contributed by atoms with Crippen LogP contribution in [0.25, 0.3) is 0 Å². The lowest BCUT2D eigenvalue weighted by molar-refractivity contribution is -0.122. The third-order valence-electron chi connectivity index (χ3n) is 2.93. The van der Waals surface area contributed by atoms with E-state index in [1.807, 2.05) is 0 Å². The van der Waals surface area contributed by atoms with Crippen LogP contribution in [0.3, 0.4) is 0 Å². The third-order valence-corrected chi connectivity index (χ3v) is 3.22. The van der Waals surface area contributed by atoms with E-state index in [0.717, 1.165) is 12.1 Å². The molecule has 0 bridgehead atoms. The first-order valence-corrected chi connectivity index (χ1v) is 7.21. The van der Waals surface area contributed by atoms with Crippen molar-refractivity contribution in [2.45, 2.75) is 19.6 Å². The van der Waals surface area contributed by atoms with Crippen LogP contribution >= 0.6 is 11.6 Å². The van der Waals surface area contributed by atoms with Crippen molar-refractivity contribution in [3.8, 4) is 11.5 Å². The molecular weight excluding hydrogens is 347 g/mol. The van der Waals surface area contributed by atoms with Crippen molar-refractivity contribution < 1.29 is 27.4 Å². The first-order chi connectivity index (χ1) is 11.4. The Morgan fingerprint density at radius 2 is 1.83 bits per heavy atom. The lowest BCUT2D eigenvalue weighted by Crippen LogP contribution is -2.30. The number of nitrogens with one attached hydrogen (secondary N) is 1. The number of carbonyl (C=O) groups is 1. The number of ether oxygens (including phenoxy) is 2. The van der Waals surface area contributed by atoms with Crippen molar-refractivity contribution in [1.29, 1.82) is 0 Å². The molecule has 128 valence electrons. The summed E-state index contributed by atoms with van der Waals surface area (Å²) in [5, 5.41) is 2.44. The molecule has 0 aliphatic rings. The smallest absolute Gasteiger partial charge is 0.387 e. The van der Waals surface area contributed by atoms with Crippen molar-refractivity contribution in [2.75, 3.05) is 5.32 Å². The van der Waals surface area contributed by atoms with Crippen LogP contribution in [0.15, 0.2) is 42.5 Å². The van der Waals surface area contributed by atoms with Gasteiger partial charge in [-0.1, -0.05) is 23.7 Å². The van der Waals surface area contributed by atoms with Gasteiger partial charge in [0.15, 0.2) is 6.10 Å². The molecule has 0 fully saturated rings. The van der Waals surface area contributed by atoms with Crippen LogP contribution in [0.2, 0.25) is 5.02 Å². The van der Waals surface area contributed by atoms with Crippen molar-refractivity contribution in [2.24, 2.45) is 0 Å². The lowest BCUT2D eigenvalue weighted by Gasteiger charge is -2.17. The summed E-state index contributed by atoms with van der Waals surface area (Å²) in [7, 11) is 0. The van der Waals surface area contributed by atoms with Gasteiger partial charge in [-0.2, -0.15) is 8.78 Å². The molecule has 0 aliphatic heterocycles. The van der Waals surface area contributed by atoms with Crippen LogP contribution in [0, 0.1) is 5.82 Å². The zero-order chi connectivity index (χ0) is 17.7. The number of benzene rings is 2. The fraction of sp³-hybridized carbons (Fsp3) is 0.188. The standard InChI is InChI=1S/C16H13ClF3NO3/c1-9(23-13-7-6-10(18)8-11(13)17)15(22)21-12-4-2-3-5-14(12)24-16(19)20/h2-9,16H,1H3,(H,21,22). The zero-order valence-corrected chi connectivity index (χ0v) is 13.2. The molecule has 2 aromatic carbocycles. The topological polar surface area (TPSA) is 47.6 Å². The van der Waals surface area contributed by atoms with Gasteiger partial charge in [0.05, 0.1) is 10.7 Å². The molecule has 4 nitrogen and oxygen atoms in total. The number of alkyl halides is 2. The van der Waals surface area contributed by atoms with E-state index in [9.17, 15) is 18.0 Å². The number of rotatable bonds is 6. The number of hydrogen-bond donors (Lipinski definition) is 1. The first-order valence-electron chi connectivity index (χ1n) is 6.83. The van der Waals surface area contributed by atoms with Gasteiger partial charge in [0.25, 0.3) is 5.91 Å². The Morgan fingerprint density at radius 1 is 1.12 bits per heavy atom. The predicted octanol–water partition coefficient (Wildman–Crippen LogP) is 4.49. The molecule has 1 unspecified atom stereocenters. The molecule has 0 saturated heterocycles. The molecule has 2 aromatic rings. The largest absolute Gasteiger partial charge is 0.479 e. The van der Waals surface area contributed by atoms with Gasteiger partial charge in [-0.3, -0.25) is 4.79 Å². The molecule has 0 spiro atoms. The van der Waals surface area contributed by atoms with E-state index in [2.05, 4.69) is 10.1 Å². The molecule has 0 saturated carbocycles. The maximum atomic E-state index is 13.0. The number of halogens is 4. The average molecular weight is 360 g/mol. The number of hydrogen-bond acceptors (Lipinski definition) is 3. The Morgan fingerprint density at radius 3 is 2.50 bits per heavy atom. The van der Waals surface area contributed by atoms with Crippen LogP contribution in [0.1, 0.15) is 6.92 Å². The molecule has 2 rings (SSSR count). The van der Waals surface area contributed by atoms with Crippen LogP contribution in [0.4, 0.5) is 18.9 Å². The van der Waals surface area contributed by atoms with E-state index in [4.69, 9.17) is 16.3 Å². The van der Waals surface area contributed by atoms with Gasteiger partial charge in [-0.25, -0.2) is 4.39 Å². The summed E-state index contributed by atoms with van der Waals surface area (Å²) in [5.41, 5.74) is 0.0726. The SMILES string of the molecule is CC(Oc1ccc(F)cc1Cl)C(=O)Nc1ccccc1OC(F)F. The highest BCUT2D eigenvalue weighted by Crippen LogP contribution is 2.28. The van der Waals surface area contributed by atoms with Gasteiger partial charge in [-0.15, -0.1) is 0 Å². The van der Waals surface area contributed by atoms with Gasteiger partial charge >= 0.3 is 6.61 Å².